The Kier molecular flexibility index (Phi) is 2.94. The number of fused-ring (bicyclic) bond motifs is 1. The van der Waals surface area contributed by atoms with Crippen LogP contribution in [0.4, 0.5) is 16.2 Å². The van der Waals surface area contributed by atoms with Crippen LogP contribution in [0.15, 0.2) is 23.1 Å². The fourth-order valence-electron chi connectivity index (χ4n) is 1.53. The van der Waals surface area contributed by atoms with Crippen molar-refractivity contribution in [1.82, 2.24) is 0 Å². The van der Waals surface area contributed by atoms with Crippen LogP contribution < -0.4 is 10.6 Å². The number of halogens is 1. The van der Waals surface area contributed by atoms with Crippen LogP contribution in [-0.4, -0.2) is 16.0 Å². The van der Waals surface area contributed by atoms with Gasteiger partial charge in [0.2, 0.25) is 5.91 Å². The normalized spacial score (nSPS) is 19.5. The Morgan fingerprint density at radius 2 is 2.25 bits per heavy atom. The van der Waals surface area contributed by atoms with Gasteiger partial charge in [0.1, 0.15) is 0 Å². The number of thioether (sulfide) groups is 1. The zero-order valence-electron chi connectivity index (χ0n) is 8.44. The van der Waals surface area contributed by atoms with Crippen LogP contribution in [0.1, 0.15) is 6.92 Å². The van der Waals surface area contributed by atoms with Gasteiger partial charge in [-0.3, -0.25) is 9.59 Å². The second kappa shape index (κ2) is 4.10. The smallest absolute Gasteiger partial charge is 0.300 e. The van der Waals surface area contributed by atoms with Gasteiger partial charge in [-0.05, 0) is 25.1 Å². The molecule has 1 atom stereocenters. The lowest BCUT2D eigenvalue weighted by atomic mass is 10.2. The Hall–Kier alpha value is -1.01. The molecule has 0 saturated carbocycles. The molecule has 1 aromatic carbocycles. The van der Waals surface area contributed by atoms with Crippen LogP contribution in [0.2, 0.25) is 0 Å². The number of carbonyl (C=O) groups excluding carboxylic acids is 2. The quantitative estimate of drug-likeness (QED) is 0.454. The monoisotopic (exact) mass is 300 g/mol. The van der Waals surface area contributed by atoms with Crippen LogP contribution in [0.3, 0.4) is 0 Å². The first-order valence-corrected chi connectivity index (χ1v) is 6.27. The summed E-state index contributed by atoms with van der Waals surface area (Å²) in [5, 5.41) is -0.266. The highest BCUT2D eigenvalue weighted by atomic mass is 79.9. The summed E-state index contributed by atoms with van der Waals surface area (Å²) < 4.78 is 0. The number of imide groups is 1. The SMILES string of the molecule is CC1Sc2ccc(N)cc2N(C(=O)Br)C1=O. The summed E-state index contributed by atoms with van der Waals surface area (Å²) in [7, 11) is 0. The van der Waals surface area contributed by atoms with E-state index in [2.05, 4.69) is 15.9 Å². The number of anilines is 2. The molecule has 2 rings (SSSR count). The highest BCUT2D eigenvalue weighted by Gasteiger charge is 2.33. The number of hydrogen-bond acceptors (Lipinski definition) is 4. The number of hydrogen-bond donors (Lipinski definition) is 1. The van der Waals surface area contributed by atoms with Crippen molar-refractivity contribution in [2.24, 2.45) is 0 Å². The minimum Gasteiger partial charge on any atom is -0.399 e. The molecule has 6 heteroatoms. The lowest BCUT2D eigenvalue weighted by Gasteiger charge is -2.29. The van der Waals surface area contributed by atoms with Crippen LogP contribution in [0, 0.1) is 0 Å². The Labute approximate surface area is 105 Å². The fourth-order valence-corrected chi connectivity index (χ4v) is 2.90. The molecule has 0 bridgehead atoms. The molecule has 84 valence electrons. The molecule has 0 aromatic heterocycles. The maximum atomic E-state index is 11.9. The third-order valence-corrected chi connectivity index (χ3v) is 3.78. The van der Waals surface area contributed by atoms with Crippen LogP contribution >= 0.6 is 27.7 Å². The first kappa shape index (κ1) is 11.5. The lowest BCUT2D eigenvalue weighted by molar-refractivity contribution is -0.117. The van der Waals surface area contributed by atoms with Gasteiger partial charge in [0.25, 0.3) is 0 Å². The standard InChI is InChI=1S/C10H9BrN2O2S/c1-5-9(14)13(10(11)15)7-4-6(12)2-3-8(7)16-5/h2-5H,12H2,1H3. The van der Waals surface area contributed by atoms with Crippen molar-refractivity contribution in [2.45, 2.75) is 17.1 Å². The van der Waals surface area contributed by atoms with Gasteiger partial charge in [-0.15, -0.1) is 11.8 Å². The van der Waals surface area contributed by atoms with E-state index in [9.17, 15) is 9.59 Å². The minimum atomic E-state index is -0.462. The summed E-state index contributed by atoms with van der Waals surface area (Å²) in [4.78, 5) is 24.8. The van der Waals surface area contributed by atoms with Gasteiger partial charge in [0.15, 0.2) is 0 Å². The molecular weight excluding hydrogens is 292 g/mol. The summed E-state index contributed by atoms with van der Waals surface area (Å²) in [6.45, 7) is 1.77. The van der Waals surface area contributed by atoms with Gasteiger partial charge < -0.3 is 5.73 Å². The number of rotatable bonds is 0. The van der Waals surface area contributed by atoms with E-state index >= 15 is 0 Å². The zero-order chi connectivity index (χ0) is 11.9. The molecule has 1 aliphatic heterocycles. The molecule has 2 N–H and O–H groups in total. The van der Waals surface area contributed by atoms with Gasteiger partial charge in [0.05, 0.1) is 10.9 Å². The molecule has 16 heavy (non-hydrogen) atoms. The van der Waals surface area contributed by atoms with Crippen LogP contribution in [-0.2, 0) is 4.79 Å². The van der Waals surface area contributed by atoms with E-state index in [-0.39, 0.29) is 11.2 Å². The van der Waals surface area contributed by atoms with E-state index in [1.165, 1.54) is 11.8 Å². The van der Waals surface area contributed by atoms with Crippen LogP contribution in [0.5, 0.6) is 0 Å². The van der Waals surface area contributed by atoms with E-state index in [4.69, 9.17) is 5.73 Å². The molecule has 0 spiro atoms. The van der Waals surface area contributed by atoms with Gasteiger partial charge in [0, 0.05) is 26.5 Å². The lowest BCUT2D eigenvalue weighted by Crippen LogP contribution is -2.41. The molecule has 1 aliphatic rings. The Bertz CT molecular complexity index is 478. The van der Waals surface area contributed by atoms with E-state index < -0.39 is 4.82 Å². The average Bonchev–Trinajstić information content (AvgIpc) is 2.20. The van der Waals surface area contributed by atoms with E-state index in [1.54, 1.807) is 19.1 Å². The first-order chi connectivity index (χ1) is 7.50. The largest absolute Gasteiger partial charge is 0.399 e. The zero-order valence-corrected chi connectivity index (χ0v) is 10.8. The van der Waals surface area contributed by atoms with Crippen molar-refractivity contribution in [1.29, 1.82) is 0 Å². The summed E-state index contributed by atoms with van der Waals surface area (Å²) in [5.74, 6) is -0.232. The minimum absolute atomic E-state index is 0.232. The number of nitrogen functional groups attached to an aromatic ring is 1. The molecule has 0 saturated heterocycles. The third kappa shape index (κ3) is 1.82. The maximum absolute atomic E-state index is 11.9. The van der Waals surface area contributed by atoms with Crippen molar-refractivity contribution < 1.29 is 9.59 Å². The second-order valence-electron chi connectivity index (χ2n) is 3.41. The molecule has 0 aliphatic carbocycles. The third-order valence-electron chi connectivity index (χ3n) is 2.27. The highest BCUT2D eigenvalue weighted by Crippen LogP contribution is 2.40. The highest BCUT2D eigenvalue weighted by molar-refractivity contribution is 9.18. The predicted octanol–water partition coefficient (Wildman–Crippen LogP) is 2.61. The van der Waals surface area contributed by atoms with Crippen molar-refractivity contribution in [3.63, 3.8) is 0 Å². The fraction of sp³-hybridized carbons (Fsp3) is 0.200. The molecule has 1 aromatic rings. The number of amides is 2. The number of nitrogens with two attached hydrogens (primary N) is 1. The van der Waals surface area contributed by atoms with Crippen molar-refractivity contribution in [3.05, 3.63) is 18.2 Å². The summed E-state index contributed by atoms with van der Waals surface area (Å²) >= 11 is 4.24. The summed E-state index contributed by atoms with van der Waals surface area (Å²) in [6.07, 6.45) is 0. The molecule has 2 amide bonds. The second-order valence-corrected chi connectivity index (χ2v) is 5.47. The topological polar surface area (TPSA) is 63.4 Å². The predicted molar refractivity (Wildman–Crippen MR) is 68.0 cm³/mol. The van der Waals surface area contributed by atoms with E-state index in [0.717, 1.165) is 9.80 Å². The average molecular weight is 301 g/mol. The molecular formula is C10H9BrN2O2S. The van der Waals surface area contributed by atoms with Gasteiger partial charge in [-0.2, -0.15) is 0 Å². The summed E-state index contributed by atoms with van der Waals surface area (Å²) in [5.41, 5.74) is 6.73. The van der Waals surface area contributed by atoms with E-state index in [0.29, 0.717) is 11.4 Å². The Balaban J connectivity index is 2.58. The molecule has 1 unspecified atom stereocenters. The molecule has 0 radical (unpaired) electrons. The molecule has 0 fully saturated rings. The van der Waals surface area contributed by atoms with Gasteiger partial charge in [-0.25, -0.2) is 4.90 Å². The number of nitrogens with zero attached hydrogens (tertiary/aromatic N) is 1. The van der Waals surface area contributed by atoms with Crippen LogP contribution in [0.25, 0.3) is 0 Å². The van der Waals surface area contributed by atoms with Crippen molar-refractivity contribution in [2.75, 3.05) is 10.6 Å². The van der Waals surface area contributed by atoms with Gasteiger partial charge >= 0.3 is 4.82 Å². The van der Waals surface area contributed by atoms with Crippen molar-refractivity contribution >= 4 is 49.8 Å². The first-order valence-electron chi connectivity index (χ1n) is 4.60. The van der Waals surface area contributed by atoms with E-state index in [1.807, 2.05) is 6.07 Å². The number of benzene rings is 1. The Morgan fingerprint density at radius 3 is 2.88 bits per heavy atom. The molecule has 4 nitrogen and oxygen atoms in total. The van der Waals surface area contributed by atoms with Gasteiger partial charge in [-0.1, -0.05) is 0 Å². The molecule has 1 heterocycles. The maximum Gasteiger partial charge on any atom is 0.300 e. The van der Waals surface area contributed by atoms with Crippen molar-refractivity contribution in [3.8, 4) is 0 Å². The summed E-state index contributed by atoms with van der Waals surface area (Å²) in [6, 6.07) is 5.21. The number of carbonyl (C=O) groups is 2. The Morgan fingerprint density at radius 1 is 1.56 bits per heavy atom.